The summed E-state index contributed by atoms with van der Waals surface area (Å²) < 4.78 is 69.2. The molecular weight excluding hydrogens is 188 g/mol. The lowest BCUT2D eigenvalue weighted by atomic mass is 10.1. The normalized spacial score (nSPS) is 13.2. The molecule has 0 heterocycles. The molecular formula is C5H3F6N. The van der Waals surface area contributed by atoms with Crippen LogP contribution in [0.2, 0.25) is 0 Å². The topological polar surface area (TPSA) is 4.36 Å². The summed E-state index contributed by atoms with van der Waals surface area (Å²) in [5, 5.41) is 0. The van der Waals surface area contributed by atoms with E-state index in [0.717, 1.165) is 0 Å². The summed E-state index contributed by atoms with van der Waals surface area (Å²) in [5.41, 5.74) is 0. The van der Waals surface area contributed by atoms with Gasteiger partial charge in [0.2, 0.25) is 12.5 Å². The molecule has 0 aromatic rings. The van der Waals surface area contributed by atoms with Crippen molar-refractivity contribution in [3.63, 3.8) is 0 Å². The van der Waals surface area contributed by atoms with Crippen LogP contribution in [0.3, 0.4) is 0 Å². The van der Waals surface area contributed by atoms with Gasteiger partial charge in [-0.2, -0.15) is 26.3 Å². The second-order valence-corrected chi connectivity index (χ2v) is 1.98. The summed E-state index contributed by atoms with van der Waals surface area (Å²) in [6, 6.07) is 0. The van der Waals surface area contributed by atoms with Gasteiger partial charge in [-0.1, -0.05) is 0 Å². The van der Waals surface area contributed by atoms with Gasteiger partial charge in [0.25, 0.3) is 0 Å². The molecule has 0 rings (SSSR count). The fourth-order valence-electron chi connectivity index (χ4n) is 0.484. The summed E-state index contributed by atoms with van der Waals surface area (Å²) in [5.74, 6) is -3.53. The Hall–Kier alpha value is -0.930. The third-order valence-electron chi connectivity index (χ3n) is 1.06. The number of hydrogen-bond donors (Lipinski definition) is 0. The molecule has 0 saturated carbocycles. The van der Waals surface area contributed by atoms with Crippen LogP contribution < -0.4 is 0 Å². The summed E-state index contributed by atoms with van der Waals surface area (Å²) in [6.07, 6.45) is -10.8. The molecule has 1 nitrogen and oxygen atoms in total. The van der Waals surface area contributed by atoms with Crippen LogP contribution >= 0.6 is 0 Å². The molecule has 0 saturated heterocycles. The van der Waals surface area contributed by atoms with Gasteiger partial charge in [0.15, 0.2) is 0 Å². The number of hydrogen-bond acceptors (Lipinski definition) is 0. The molecule has 0 aliphatic carbocycles. The van der Waals surface area contributed by atoms with E-state index in [4.69, 9.17) is 6.57 Å². The number of halogens is 6. The predicted molar refractivity (Wildman–Crippen MR) is 27.1 cm³/mol. The summed E-state index contributed by atoms with van der Waals surface area (Å²) >= 11 is 0. The first kappa shape index (κ1) is 11.1. The molecule has 0 aromatic heterocycles. The van der Waals surface area contributed by atoms with Crippen LogP contribution in [0.5, 0.6) is 0 Å². The van der Waals surface area contributed by atoms with E-state index in [0.29, 0.717) is 0 Å². The average molecular weight is 191 g/mol. The van der Waals surface area contributed by atoms with E-state index in [1.165, 1.54) is 0 Å². The van der Waals surface area contributed by atoms with Gasteiger partial charge < -0.3 is 4.85 Å². The van der Waals surface area contributed by atoms with Crippen LogP contribution in [-0.2, 0) is 0 Å². The molecule has 0 fully saturated rings. The predicted octanol–water partition coefficient (Wildman–Crippen LogP) is 2.65. The molecule has 7 heteroatoms. The van der Waals surface area contributed by atoms with Gasteiger partial charge in [0, 0.05) is 0 Å². The van der Waals surface area contributed by atoms with Crippen molar-refractivity contribution in [2.45, 2.75) is 12.4 Å². The van der Waals surface area contributed by atoms with Crippen LogP contribution in [0.25, 0.3) is 4.85 Å². The smallest absolute Gasteiger partial charge is 0.316 e. The van der Waals surface area contributed by atoms with Crippen LogP contribution in [0, 0.1) is 12.5 Å². The minimum atomic E-state index is -5.39. The van der Waals surface area contributed by atoms with Crippen molar-refractivity contribution >= 4 is 0 Å². The largest absolute Gasteiger partial charge is 0.407 e. The van der Waals surface area contributed by atoms with Crippen LogP contribution in [0.1, 0.15) is 0 Å². The lowest BCUT2D eigenvalue weighted by Crippen LogP contribution is -2.38. The van der Waals surface area contributed by atoms with E-state index in [2.05, 4.69) is 4.85 Å². The minimum Gasteiger partial charge on any atom is -0.316 e. The first-order valence-corrected chi connectivity index (χ1v) is 2.66. The first-order chi connectivity index (χ1) is 5.19. The fourth-order valence-corrected chi connectivity index (χ4v) is 0.484. The van der Waals surface area contributed by atoms with Crippen molar-refractivity contribution in [2.24, 2.45) is 5.92 Å². The van der Waals surface area contributed by atoms with Gasteiger partial charge in [0.05, 0.1) is 0 Å². The molecule has 0 radical (unpaired) electrons. The Bertz CT molecular complexity index is 170. The Balaban J connectivity index is 4.59. The monoisotopic (exact) mass is 191 g/mol. The molecule has 0 aliphatic heterocycles. The number of rotatable bonds is 1. The highest BCUT2D eigenvalue weighted by atomic mass is 19.4. The highest BCUT2D eigenvalue weighted by Crippen LogP contribution is 2.39. The van der Waals surface area contributed by atoms with Crippen molar-refractivity contribution in [3.05, 3.63) is 11.4 Å². The second-order valence-electron chi connectivity index (χ2n) is 1.98. The van der Waals surface area contributed by atoms with Gasteiger partial charge in [-0.25, -0.2) is 6.57 Å². The zero-order valence-corrected chi connectivity index (χ0v) is 5.50. The summed E-state index contributed by atoms with van der Waals surface area (Å²) in [6.45, 7) is 4.31. The lowest BCUT2D eigenvalue weighted by molar-refractivity contribution is -0.278. The molecule has 0 N–H and O–H groups in total. The molecule has 0 atom stereocenters. The summed E-state index contributed by atoms with van der Waals surface area (Å²) in [7, 11) is 0. The van der Waals surface area contributed by atoms with Gasteiger partial charge in [0.1, 0.15) is 0 Å². The van der Waals surface area contributed by atoms with E-state index in [1.807, 2.05) is 0 Å². The molecule has 12 heavy (non-hydrogen) atoms. The second kappa shape index (κ2) is 3.21. The lowest BCUT2D eigenvalue weighted by Gasteiger charge is -2.17. The van der Waals surface area contributed by atoms with Crippen molar-refractivity contribution in [2.75, 3.05) is 6.54 Å². The Kier molecular flexibility index (Phi) is 2.96. The van der Waals surface area contributed by atoms with Gasteiger partial charge in [-0.05, 0) is 0 Å². The van der Waals surface area contributed by atoms with Gasteiger partial charge in [-0.15, -0.1) is 0 Å². The highest BCUT2D eigenvalue weighted by Gasteiger charge is 2.58. The van der Waals surface area contributed by atoms with E-state index >= 15 is 0 Å². The zero-order chi connectivity index (χ0) is 9.99. The quantitative estimate of drug-likeness (QED) is 0.443. The van der Waals surface area contributed by atoms with E-state index in [9.17, 15) is 26.3 Å². The summed E-state index contributed by atoms with van der Waals surface area (Å²) in [4.78, 5) is 2.08. The third-order valence-corrected chi connectivity index (χ3v) is 1.06. The Morgan fingerprint density at radius 1 is 1.00 bits per heavy atom. The molecule has 0 amide bonds. The molecule has 0 spiro atoms. The highest BCUT2D eigenvalue weighted by molar-refractivity contribution is 4.82. The molecule has 0 bridgehead atoms. The molecule has 0 aromatic carbocycles. The zero-order valence-electron chi connectivity index (χ0n) is 5.50. The van der Waals surface area contributed by atoms with Crippen molar-refractivity contribution in [3.8, 4) is 0 Å². The Morgan fingerprint density at radius 3 is 1.42 bits per heavy atom. The van der Waals surface area contributed by atoms with E-state index < -0.39 is 24.8 Å². The number of alkyl halides is 6. The van der Waals surface area contributed by atoms with Gasteiger partial charge in [-0.3, -0.25) is 0 Å². The molecule has 70 valence electrons. The van der Waals surface area contributed by atoms with Crippen molar-refractivity contribution < 1.29 is 26.3 Å². The van der Waals surface area contributed by atoms with Crippen molar-refractivity contribution in [1.82, 2.24) is 0 Å². The van der Waals surface area contributed by atoms with E-state index in [1.54, 1.807) is 0 Å². The van der Waals surface area contributed by atoms with E-state index in [-0.39, 0.29) is 0 Å². The maximum Gasteiger partial charge on any atom is 0.407 e. The first-order valence-electron chi connectivity index (χ1n) is 2.66. The SMILES string of the molecule is [C-]#[N+]CC(C(F)(F)F)C(F)(F)F. The van der Waals surface area contributed by atoms with Gasteiger partial charge >= 0.3 is 12.4 Å². The molecule has 0 unspecified atom stereocenters. The van der Waals surface area contributed by atoms with Crippen LogP contribution in [0.15, 0.2) is 0 Å². The molecule has 0 aliphatic rings. The Morgan fingerprint density at radius 2 is 1.33 bits per heavy atom. The fraction of sp³-hybridized carbons (Fsp3) is 0.800. The Labute approximate surface area is 63.8 Å². The number of nitrogens with zero attached hydrogens (tertiary/aromatic N) is 1. The standard InChI is InChI=1S/C5H3F6N/c1-12-2-3(4(6,7)8)5(9,10)11/h3H,2H2. The third kappa shape index (κ3) is 2.98. The van der Waals surface area contributed by atoms with Crippen LogP contribution in [0.4, 0.5) is 26.3 Å². The maximum absolute atomic E-state index is 11.5. The minimum absolute atomic E-state index is 1.60. The van der Waals surface area contributed by atoms with Crippen molar-refractivity contribution in [1.29, 1.82) is 0 Å². The maximum atomic E-state index is 11.5. The average Bonchev–Trinajstić information content (AvgIpc) is 1.77. The van der Waals surface area contributed by atoms with Crippen LogP contribution in [-0.4, -0.2) is 18.9 Å².